The number of hydrogen-bond donors (Lipinski definition) is 4. The van der Waals surface area contributed by atoms with Gasteiger partial charge in [-0.15, -0.1) is 0 Å². The van der Waals surface area contributed by atoms with Gasteiger partial charge in [0.15, 0.2) is 12.6 Å². The van der Waals surface area contributed by atoms with Gasteiger partial charge in [0.05, 0.1) is 47.6 Å². The number of ether oxygens (including phenoxy) is 7. The van der Waals surface area contributed by atoms with E-state index in [1.807, 2.05) is 32.8 Å². The number of carbonyl (C=O) groups excluding carboxylic acids is 2. The largest absolute Gasteiger partial charge is 0.459 e. The molecule has 0 radical (unpaired) electrons. The second kappa shape index (κ2) is 17.7. The zero-order chi connectivity index (χ0) is 39.7. The van der Waals surface area contributed by atoms with E-state index in [4.69, 9.17) is 33.2 Å². The fourth-order valence-electron chi connectivity index (χ4n) is 8.58. The van der Waals surface area contributed by atoms with Gasteiger partial charge in [0.2, 0.25) is 0 Å². The van der Waals surface area contributed by atoms with Crippen LogP contribution in [-0.4, -0.2) is 150 Å². The summed E-state index contributed by atoms with van der Waals surface area (Å²) in [5.74, 6) is -4.47. The summed E-state index contributed by atoms with van der Waals surface area (Å²) in [7, 11) is 6.77. The molecule has 3 aliphatic rings. The second-order valence-corrected chi connectivity index (χ2v) is 16.6. The first-order valence-electron chi connectivity index (χ1n) is 18.9. The van der Waals surface area contributed by atoms with Crippen LogP contribution in [0.25, 0.3) is 0 Å². The van der Waals surface area contributed by atoms with E-state index in [1.54, 1.807) is 48.5 Å². The molecular formula is C38H69NO13. The van der Waals surface area contributed by atoms with Crippen LogP contribution in [0.2, 0.25) is 0 Å². The Morgan fingerprint density at radius 2 is 1.44 bits per heavy atom. The molecule has 14 heteroatoms. The summed E-state index contributed by atoms with van der Waals surface area (Å²) in [6, 6.07) is -0.283. The summed E-state index contributed by atoms with van der Waals surface area (Å²) in [5, 5.41) is 45.6. The Morgan fingerprint density at radius 3 is 1.98 bits per heavy atom. The molecule has 3 aliphatic heterocycles. The first-order chi connectivity index (χ1) is 24.0. The average molecular weight is 748 g/mol. The Hall–Kier alpha value is -1.30. The van der Waals surface area contributed by atoms with Crippen molar-refractivity contribution in [2.24, 2.45) is 23.7 Å². The molecule has 52 heavy (non-hydrogen) atoms. The number of aliphatic hydroxyl groups is 4. The Morgan fingerprint density at radius 1 is 0.846 bits per heavy atom. The predicted octanol–water partition coefficient (Wildman–Crippen LogP) is 2.44. The van der Waals surface area contributed by atoms with Crippen molar-refractivity contribution in [3.05, 3.63) is 0 Å². The van der Waals surface area contributed by atoms with Crippen molar-refractivity contribution in [2.75, 3.05) is 28.3 Å². The number of esters is 1. The van der Waals surface area contributed by atoms with E-state index in [-0.39, 0.29) is 37.2 Å². The summed E-state index contributed by atoms with van der Waals surface area (Å²) < 4.78 is 43.9. The van der Waals surface area contributed by atoms with E-state index in [0.29, 0.717) is 6.42 Å². The van der Waals surface area contributed by atoms with Gasteiger partial charge in [-0.25, -0.2) is 0 Å². The molecule has 4 N–H and O–H groups in total. The van der Waals surface area contributed by atoms with E-state index in [1.165, 1.54) is 21.1 Å². The van der Waals surface area contributed by atoms with Gasteiger partial charge in [0.25, 0.3) is 0 Å². The number of methoxy groups -OCH3 is 2. The highest BCUT2D eigenvalue weighted by Crippen LogP contribution is 2.41. The number of nitrogens with zero attached hydrogens (tertiary/aromatic N) is 1. The fraction of sp³-hybridized carbons (Fsp3) is 0.947. The molecule has 0 aromatic heterocycles. The lowest BCUT2D eigenvalue weighted by Gasteiger charge is -2.50. The third kappa shape index (κ3) is 9.38. The van der Waals surface area contributed by atoms with E-state index in [0.717, 1.165) is 0 Å². The minimum atomic E-state index is -1.96. The van der Waals surface area contributed by atoms with Crippen LogP contribution in [0.1, 0.15) is 94.9 Å². The molecule has 0 aromatic rings. The van der Waals surface area contributed by atoms with Gasteiger partial charge in [0.1, 0.15) is 29.7 Å². The molecule has 18 atom stereocenters. The molecule has 0 aromatic carbocycles. The SMILES string of the molecule is CC[C@H]1OC(=O)[C@H](C)[C@H](O[C@H]2C[C@@](C)(OC)[C@@H](O)[C@H](C)O2)[C@H](C)[C@@H](O[C@@H]2O[C@H](C)C[C@H](N(C)C)[C@H]2O)[C@@](C)(OC)C[C@@H](C)C(=O)[C@H](C)[C@@H](O)[C@]1(C)O. The molecule has 3 heterocycles. The fourth-order valence-corrected chi connectivity index (χ4v) is 8.58. The normalized spacial score (nSPS) is 49.0. The molecule has 3 rings (SSSR count). The van der Waals surface area contributed by atoms with Crippen LogP contribution < -0.4 is 0 Å². The molecular weight excluding hydrogens is 678 g/mol. The summed E-state index contributed by atoms with van der Waals surface area (Å²) in [6.45, 7) is 17.1. The monoisotopic (exact) mass is 747 g/mol. The van der Waals surface area contributed by atoms with E-state index < -0.39 is 102 Å². The van der Waals surface area contributed by atoms with Crippen molar-refractivity contribution < 1.29 is 63.2 Å². The van der Waals surface area contributed by atoms with Crippen molar-refractivity contribution in [2.45, 2.75) is 179 Å². The van der Waals surface area contributed by atoms with Gasteiger partial charge in [-0.05, 0) is 74.9 Å². The number of carbonyl (C=O) groups is 2. The third-order valence-electron chi connectivity index (χ3n) is 12.3. The van der Waals surface area contributed by atoms with Gasteiger partial charge in [-0.1, -0.05) is 27.7 Å². The van der Waals surface area contributed by atoms with Crippen LogP contribution in [-0.2, 0) is 42.7 Å². The van der Waals surface area contributed by atoms with Crippen LogP contribution in [0.15, 0.2) is 0 Å². The van der Waals surface area contributed by atoms with Crippen molar-refractivity contribution in [1.29, 1.82) is 0 Å². The van der Waals surface area contributed by atoms with Crippen LogP contribution >= 0.6 is 0 Å². The molecule has 0 bridgehead atoms. The van der Waals surface area contributed by atoms with Crippen molar-refractivity contribution in [1.82, 2.24) is 4.90 Å². The maximum atomic E-state index is 14.2. The van der Waals surface area contributed by atoms with Crippen LogP contribution in [0.4, 0.5) is 0 Å². The number of ketones is 1. The molecule has 0 amide bonds. The van der Waals surface area contributed by atoms with Crippen molar-refractivity contribution in [3.63, 3.8) is 0 Å². The molecule has 3 fully saturated rings. The Labute approximate surface area is 310 Å². The quantitative estimate of drug-likeness (QED) is 0.266. The van der Waals surface area contributed by atoms with Crippen molar-refractivity contribution in [3.8, 4) is 0 Å². The molecule has 3 saturated heterocycles. The van der Waals surface area contributed by atoms with Crippen LogP contribution in [0.3, 0.4) is 0 Å². The van der Waals surface area contributed by atoms with E-state index in [9.17, 15) is 30.0 Å². The Bertz CT molecular complexity index is 1190. The number of rotatable bonds is 8. The zero-order valence-corrected chi connectivity index (χ0v) is 33.9. The van der Waals surface area contributed by atoms with Crippen molar-refractivity contribution >= 4 is 11.8 Å². The molecule has 0 aliphatic carbocycles. The third-order valence-corrected chi connectivity index (χ3v) is 12.3. The van der Waals surface area contributed by atoms with E-state index in [2.05, 4.69) is 0 Å². The van der Waals surface area contributed by atoms with Gasteiger partial charge in [-0.2, -0.15) is 0 Å². The number of cyclic esters (lactones) is 1. The Kier molecular flexibility index (Phi) is 15.3. The first kappa shape index (κ1) is 45.1. The lowest BCUT2D eigenvalue weighted by atomic mass is 9.74. The number of Topliss-reactive ketones (excluding diaryl/α,β-unsaturated/α-hetero) is 1. The minimum Gasteiger partial charge on any atom is -0.459 e. The lowest BCUT2D eigenvalue weighted by Crippen LogP contribution is -2.61. The zero-order valence-electron chi connectivity index (χ0n) is 33.9. The first-order valence-corrected chi connectivity index (χ1v) is 18.9. The average Bonchev–Trinajstić information content (AvgIpc) is 3.09. The standard InChI is InChI=1S/C38H69NO13/c1-15-26-38(10,45)31(42)21(4)28(40)19(2)17-37(9,47-14)33(52-35-29(41)25(39(11)12)16-20(3)48-35)22(5)30(23(6)34(44)50-26)51-27-18-36(8,46-13)32(43)24(7)49-27/h19-27,29-33,35,41-43,45H,15-18H2,1-14H3/t19-,20-,21+,22+,23-,24+,25+,26-,27+,29-,30-,31-,32+,33-,35+,36-,37+,38-/m1/s1. The summed E-state index contributed by atoms with van der Waals surface area (Å²) >= 11 is 0. The molecule has 0 unspecified atom stereocenters. The van der Waals surface area contributed by atoms with E-state index >= 15 is 0 Å². The summed E-state index contributed by atoms with van der Waals surface area (Å²) in [4.78, 5) is 30.1. The topological polar surface area (TPSA) is 183 Å². The maximum Gasteiger partial charge on any atom is 0.311 e. The smallest absolute Gasteiger partial charge is 0.311 e. The molecule has 0 spiro atoms. The number of aliphatic hydroxyl groups excluding tert-OH is 3. The second-order valence-electron chi connectivity index (χ2n) is 16.6. The maximum absolute atomic E-state index is 14.2. The molecule has 304 valence electrons. The van der Waals surface area contributed by atoms with Crippen LogP contribution in [0.5, 0.6) is 0 Å². The van der Waals surface area contributed by atoms with Gasteiger partial charge in [-0.3, -0.25) is 9.59 Å². The van der Waals surface area contributed by atoms with Crippen LogP contribution in [0, 0.1) is 23.7 Å². The Balaban J connectivity index is 2.22. The lowest BCUT2D eigenvalue weighted by molar-refractivity contribution is -0.319. The highest BCUT2D eigenvalue weighted by atomic mass is 16.7. The number of likely N-dealkylation sites (N-methyl/N-ethyl adjacent to an activating group) is 1. The highest BCUT2D eigenvalue weighted by Gasteiger charge is 2.54. The molecule has 14 nitrogen and oxygen atoms in total. The van der Waals surface area contributed by atoms with Gasteiger partial charge < -0.3 is 58.5 Å². The summed E-state index contributed by atoms with van der Waals surface area (Å²) in [5.41, 5.74) is -4.24. The predicted molar refractivity (Wildman–Crippen MR) is 191 cm³/mol. The van der Waals surface area contributed by atoms with Gasteiger partial charge >= 0.3 is 5.97 Å². The van der Waals surface area contributed by atoms with Gasteiger partial charge in [0, 0.05) is 44.4 Å². The number of hydrogen-bond acceptors (Lipinski definition) is 14. The summed E-state index contributed by atoms with van der Waals surface area (Å²) in [6.07, 6.45) is -8.73. The minimum absolute atomic E-state index is 0.111. The molecule has 0 saturated carbocycles. The highest BCUT2D eigenvalue weighted by molar-refractivity contribution is 5.83.